The number of rotatable bonds is 8. The molecule has 0 radical (unpaired) electrons. The van der Waals surface area contributed by atoms with E-state index >= 15 is 0 Å². The monoisotopic (exact) mass is 485 g/mol. The minimum Gasteiger partial charge on any atom is -0.478 e. The van der Waals surface area contributed by atoms with E-state index in [4.69, 9.17) is 11.6 Å². The molecule has 0 spiro atoms. The van der Waals surface area contributed by atoms with Gasteiger partial charge in [0.05, 0.1) is 22.4 Å². The standard InChI is InChI=1S/C23H20ClN3O5S/c1-16-11-12-18(13-21(16)24)27(33(31,32)19-8-3-2-4-9-19)15-22(28)26-25-14-17-7-5-6-10-20(17)23(29)30/h2-14H,15H2,1H3,(H,26,28)(H,29,30)/b25-14-. The summed E-state index contributed by atoms with van der Waals surface area (Å²) in [5.74, 6) is -1.87. The lowest BCUT2D eigenvalue weighted by molar-refractivity contribution is -0.119. The van der Waals surface area contributed by atoms with Gasteiger partial charge in [-0.05, 0) is 42.8 Å². The van der Waals surface area contributed by atoms with Crippen molar-refractivity contribution in [2.24, 2.45) is 5.10 Å². The Hall–Kier alpha value is -3.69. The molecule has 0 bridgehead atoms. The molecule has 0 saturated carbocycles. The lowest BCUT2D eigenvalue weighted by Gasteiger charge is -2.24. The van der Waals surface area contributed by atoms with E-state index in [0.717, 1.165) is 9.87 Å². The van der Waals surface area contributed by atoms with Gasteiger partial charge in [0.25, 0.3) is 15.9 Å². The maximum atomic E-state index is 13.3. The highest BCUT2D eigenvalue weighted by Gasteiger charge is 2.27. The van der Waals surface area contributed by atoms with Crippen LogP contribution in [-0.4, -0.2) is 38.2 Å². The maximum Gasteiger partial charge on any atom is 0.336 e. The quantitative estimate of drug-likeness (QED) is 0.373. The number of aromatic carboxylic acids is 1. The highest BCUT2D eigenvalue weighted by Crippen LogP contribution is 2.27. The van der Waals surface area contributed by atoms with Crippen molar-refractivity contribution < 1.29 is 23.1 Å². The Kier molecular flexibility index (Phi) is 7.47. The van der Waals surface area contributed by atoms with E-state index in [1.165, 1.54) is 36.5 Å². The van der Waals surface area contributed by atoms with Crippen LogP contribution in [0.5, 0.6) is 0 Å². The maximum absolute atomic E-state index is 13.3. The average molecular weight is 486 g/mol. The van der Waals surface area contributed by atoms with Gasteiger partial charge in [-0.3, -0.25) is 9.10 Å². The fraction of sp³-hybridized carbons (Fsp3) is 0.0870. The number of carboxylic acids is 1. The Morgan fingerprint density at radius 1 is 1.06 bits per heavy atom. The molecule has 0 heterocycles. The molecule has 2 N–H and O–H groups in total. The van der Waals surface area contributed by atoms with Crippen molar-refractivity contribution >= 4 is 45.4 Å². The molecule has 10 heteroatoms. The zero-order chi connectivity index (χ0) is 24.0. The molecule has 0 atom stereocenters. The van der Waals surface area contributed by atoms with Gasteiger partial charge in [0.1, 0.15) is 6.54 Å². The number of nitrogens with zero attached hydrogens (tertiary/aromatic N) is 2. The van der Waals surface area contributed by atoms with Crippen LogP contribution in [0.4, 0.5) is 5.69 Å². The summed E-state index contributed by atoms with van der Waals surface area (Å²) in [7, 11) is -4.09. The van der Waals surface area contributed by atoms with Gasteiger partial charge in [0.15, 0.2) is 0 Å². The minimum atomic E-state index is -4.09. The largest absolute Gasteiger partial charge is 0.478 e. The number of carbonyl (C=O) groups excluding carboxylic acids is 1. The summed E-state index contributed by atoms with van der Waals surface area (Å²) < 4.78 is 27.5. The van der Waals surface area contributed by atoms with E-state index in [-0.39, 0.29) is 21.7 Å². The molecule has 0 aliphatic heterocycles. The smallest absolute Gasteiger partial charge is 0.336 e. The number of halogens is 1. The van der Waals surface area contributed by atoms with E-state index in [1.54, 1.807) is 49.4 Å². The van der Waals surface area contributed by atoms with Crippen LogP contribution in [0.1, 0.15) is 21.5 Å². The second-order valence-corrected chi connectivity index (χ2v) is 9.21. The number of hydrogen-bond acceptors (Lipinski definition) is 5. The zero-order valence-electron chi connectivity index (χ0n) is 17.5. The molecule has 33 heavy (non-hydrogen) atoms. The van der Waals surface area contributed by atoms with Crippen LogP contribution in [0, 0.1) is 6.92 Å². The number of carboxylic acid groups (broad SMARTS) is 1. The summed E-state index contributed by atoms with van der Waals surface area (Å²) in [6, 6.07) is 18.5. The highest BCUT2D eigenvalue weighted by atomic mass is 35.5. The lowest BCUT2D eigenvalue weighted by atomic mass is 10.1. The van der Waals surface area contributed by atoms with E-state index in [1.807, 2.05) is 0 Å². The number of aryl methyl sites for hydroxylation is 1. The summed E-state index contributed by atoms with van der Waals surface area (Å²) in [4.78, 5) is 23.9. The van der Waals surface area contributed by atoms with E-state index in [9.17, 15) is 23.1 Å². The summed E-state index contributed by atoms with van der Waals surface area (Å²) in [5, 5.41) is 13.4. The van der Waals surface area contributed by atoms with Crippen LogP contribution < -0.4 is 9.73 Å². The normalized spacial score (nSPS) is 11.3. The van der Waals surface area contributed by atoms with Crippen molar-refractivity contribution in [3.63, 3.8) is 0 Å². The first-order valence-corrected chi connectivity index (χ1v) is 11.5. The van der Waals surface area contributed by atoms with Gasteiger partial charge in [-0.2, -0.15) is 5.10 Å². The number of nitrogens with one attached hydrogen (secondary N) is 1. The van der Waals surface area contributed by atoms with Gasteiger partial charge in [-0.15, -0.1) is 0 Å². The number of hydrogen-bond donors (Lipinski definition) is 2. The molecule has 1 amide bonds. The Labute approximate surface area is 196 Å². The number of sulfonamides is 1. The zero-order valence-corrected chi connectivity index (χ0v) is 19.0. The third kappa shape index (κ3) is 5.76. The summed E-state index contributed by atoms with van der Waals surface area (Å²) >= 11 is 6.19. The molecular formula is C23H20ClN3O5S. The lowest BCUT2D eigenvalue weighted by Crippen LogP contribution is -2.39. The van der Waals surface area contributed by atoms with E-state index in [0.29, 0.717) is 5.02 Å². The Balaban J connectivity index is 1.87. The minimum absolute atomic E-state index is 0.00776. The topological polar surface area (TPSA) is 116 Å². The highest BCUT2D eigenvalue weighted by molar-refractivity contribution is 7.92. The molecule has 0 unspecified atom stereocenters. The van der Waals surface area contributed by atoms with Gasteiger partial charge in [0.2, 0.25) is 0 Å². The SMILES string of the molecule is Cc1ccc(N(CC(=O)N/N=C\c2ccccc2C(=O)O)S(=O)(=O)c2ccccc2)cc1Cl. The molecule has 8 nitrogen and oxygen atoms in total. The predicted octanol–water partition coefficient (Wildman–Crippen LogP) is 3.69. The van der Waals surface area contributed by atoms with E-state index in [2.05, 4.69) is 10.5 Å². The van der Waals surface area contributed by atoms with Gasteiger partial charge in [-0.25, -0.2) is 18.6 Å². The third-order valence-electron chi connectivity index (χ3n) is 4.65. The third-order valence-corrected chi connectivity index (χ3v) is 6.84. The molecule has 0 saturated heterocycles. The second kappa shape index (κ2) is 10.3. The summed E-state index contributed by atoms with van der Waals surface area (Å²) in [6.07, 6.45) is 1.18. The Bertz CT molecular complexity index is 1310. The van der Waals surface area contributed by atoms with Gasteiger partial charge < -0.3 is 5.11 Å². The summed E-state index contributed by atoms with van der Waals surface area (Å²) in [5.41, 5.74) is 3.51. The van der Waals surface area contributed by atoms with Crippen molar-refractivity contribution in [3.05, 3.63) is 94.5 Å². The van der Waals surface area contributed by atoms with Crippen molar-refractivity contribution in [2.45, 2.75) is 11.8 Å². The Morgan fingerprint density at radius 2 is 1.73 bits per heavy atom. The first kappa shape index (κ1) is 24.0. The fourth-order valence-corrected chi connectivity index (χ4v) is 4.52. The number of benzene rings is 3. The number of hydrazone groups is 1. The molecule has 0 aromatic heterocycles. The number of anilines is 1. The molecule has 3 aromatic rings. The molecular weight excluding hydrogens is 466 g/mol. The van der Waals surface area contributed by atoms with Gasteiger partial charge >= 0.3 is 5.97 Å². The molecule has 3 rings (SSSR count). The molecule has 170 valence electrons. The van der Waals surface area contributed by atoms with Crippen molar-refractivity contribution in [2.75, 3.05) is 10.8 Å². The molecule has 3 aromatic carbocycles. The predicted molar refractivity (Wildman–Crippen MR) is 126 cm³/mol. The second-order valence-electron chi connectivity index (χ2n) is 6.94. The van der Waals surface area contributed by atoms with Gasteiger partial charge in [0, 0.05) is 10.6 Å². The Morgan fingerprint density at radius 3 is 2.39 bits per heavy atom. The van der Waals surface area contributed by atoms with E-state index < -0.39 is 28.4 Å². The molecule has 0 fully saturated rings. The fourth-order valence-electron chi connectivity index (χ4n) is 2.92. The van der Waals surface area contributed by atoms with Crippen molar-refractivity contribution in [1.29, 1.82) is 0 Å². The summed E-state index contributed by atoms with van der Waals surface area (Å²) in [6.45, 7) is 1.20. The number of amides is 1. The van der Waals surface area contributed by atoms with Crippen LogP contribution in [0.3, 0.4) is 0 Å². The van der Waals surface area contributed by atoms with Crippen LogP contribution in [0.25, 0.3) is 0 Å². The first-order chi connectivity index (χ1) is 15.7. The first-order valence-electron chi connectivity index (χ1n) is 9.68. The molecule has 0 aliphatic rings. The molecule has 0 aliphatic carbocycles. The van der Waals surface area contributed by atoms with Crippen LogP contribution in [-0.2, 0) is 14.8 Å². The van der Waals surface area contributed by atoms with Crippen LogP contribution >= 0.6 is 11.6 Å². The van der Waals surface area contributed by atoms with Crippen LogP contribution in [0.15, 0.2) is 82.8 Å². The average Bonchev–Trinajstić information content (AvgIpc) is 2.80. The van der Waals surface area contributed by atoms with Crippen molar-refractivity contribution in [3.8, 4) is 0 Å². The van der Waals surface area contributed by atoms with Gasteiger partial charge in [-0.1, -0.05) is 54.1 Å². The van der Waals surface area contributed by atoms with Crippen molar-refractivity contribution in [1.82, 2.24) is 5.43 Å². The number of carbonyl (C=O) groups is 2. The van der Waals surface area contributed by atoms with Crippen LogP contribution in [0.2, 0.25) is 5.02 Å².